The van der Waals surface area contributed by atoms with Crippen LogP contribution < -0.4 is 5.32 Å². The zero-order valence-electron chi connectivity index (χ0n) is 12.3. The van der Waals surface area contributed by atoms with Crippen molar-refractivity contribution >= 4 is 23.3 Å². The monoisotopic (exact) mass is 298 g/mol. The molecule has 1 aromatic heterocycles. The number of thiophene rings is 1. The second-order valence-corrected chi connectivity index (χ2v) is 6.93. The van der Waals surface area contributed by atoms with E-state index in [2.05, 4.69) is 5.32 Å². The molecule has 20 heavy (non-hydrogen) atoms. The number of aliphatic carboxylic acids is 1. The number of amides is 2. The molecule has 0 saturated heterocycles. The summed E-state index contributed by atoms with van der Waals surface area (Å²) >= 11 is 1.59. The van der Waals surface area contributed by atoms with Gasteiger partial charge in [0.25, 0.3) is 0 Å². The van der Waals surface area contributed by atoms with E-state index >= 15 is 0 Å². The molecule has 1 rings (SSSR count). The van der Waals surface area contributed by atoms with Crippen molar-refractivity contribution in [3.8, 4) is 0 Å². The van der Waals surface area contributed by atoms with Gasteiger partial charge in [0.2, 0.25) is 0 Å². The molecule has 1 atom stereocenters. The molecule has 0 aliphatic rings. The predicted octanol–water partition coefficient (Wildman–Crippen LogP) is 2.78. The van der Waals surface area contributed by atoms with Crippen LogP contribution in [0.15, 0.2) is 17.5 Å². The van der Waals surface area contributed by atoms with E-state index in [9.17, 15) is 9.59 Å². The first-order valence-corrected chi connectivity index (χ1v) is 7.34. The summed E-state index contributed by atoms with van der Waals surface area (Å²) in [4.78, 5) is 25.7. The van der Waals surface area contributed by atoms with Crippen molar-refractivity contribution in [2.24, 2.45) is 5.41 Å². The van der Waals surface area contributed by atoms with Crippen molar-refractivity contribution in [1.29, 1.82) is 0 Å². The van der Waals surface area contributed by atoms with Crippen molar-refractivity contribution < 1.29 is 14.7 Å². The van der Waals surface area contributed by atoms with Crippen LogP contribution in [0.1, 0.15) is 32.1 Å². The first-order chi connectivity index (χ1) is 9.20. The minimum absolute atomic E-state index is 0.0813. The lowest BCUT2D eigenvalue weighted by Crippen LogP contribution is -2.49. The number of rotatable bonds is 5. The summed E-state index contributed by atoms with van der Waals surface area (Å²) < 4.78 is 0. The molecule has 0 fully saturated rings. The van der Waals surface area contributed by atoms with Crippen LogP contribution in [0.25, 0.3) is 0 Å². The second-order valence-electron chi connectivity index (χ2n) is 5.90. The van der Waals surface area contributed by atoms with E-state index in [-0.39, 0.29) is 17.9 Å². The van der Waals surface area contributed by atoms with Gasteiger partial charge in [-0.3, -0.25) is 4.79 Å². The molecule has 0 aromatic carbocycles. The molecule has 0 aliphatic carbocycles. The largest absolute Gasteiger partial charge is 0.481 e. The molecule has 2 amide bonds. The molecule has 0 saturated carbocycles. The summed E-state index contributed by atoms with van der Waals surface area (Å²) in [7, 11) is 1.70. The highest BCUT2D eigenvalue weighted by molar-refractivity contribution is 7.09. The van der Waals surface area contributed by atoms with Gasteiger partial charge < -0.3 is 15.3 Å². The van der Waals surface area contributed by atoms with Crippen molar-refractivity contribution in [3.63, 3.8) is 0 Å². The average molecular weight is 298 g/mol. The van der Waals surface area contributed by atoms with Gasteiger partial charge in [-0.05, 0) is 16.9 Å². The van der Waals surface area contributed by atoms with Crippen molar-refractivity contribution in [3.05, 3.63) is 22.4 Å². The van der Waals surface area contributed by atoms with E-state index in [0.29, 0.717) is 6.54 Å². The first-order valence-electron chi connectivity index (χ1n) is 6.46. The first kappa shape index (κ1) is 16.5. The number of nitrogens with one attached hydrogen (secondary N) is 1. The molecule has 2 N–H and O–H groups in total. The molecule has 1 heterocycles. The van der Waals surface area contributed by atoms with Crippen molar-refractivity contribution in [1.82, 2.24) is 10.2 Å². The van der Waals surface area contributed by atoms with E-state index < -0.39 is 12.0 Å². The van der Waals surface area contributed by atoms with Crippen LogP contribution in [0.2, 0.25) is 0 Å². The van der Waals surface area contributed by atoms with Gasteiger partial charge in [-0.1, -0.05) is 26.8 Å². The topological polar surface area (TPSA) is 69.6 Å². The molecule has 1 unspecified atom stereocenters. The standard InChI is InChI=1S/C14H22N2O3S/c1-14(2,3)11(8-12(17)18)15-13(19)16(4)9-10-6-5-7-20-10/h5-7,11H,8-9H2,1-4H3,(H,15,19)(H,17,18). The van der Waals surface area contributed by atoms with Crippen LogP contribution in [-0.2, 0) is 11.3 Å². The summed E-state index contributed by atoms with van der Waals surface area (Å²) in [6.07, 6.45) is -0.0813. The molecule has 112 valence electrons. The summed E-state index contributed by atoms with van der Waals surface area (Å²) in [5.41, 5.74) is -0.308. The molecule has 0 aliphatic heterocycles. The third kappa shape index (κ3) is 5.21. The smallest absolute Gasteiger partial charge is 0.317 e. The number of hydrogen-bond donors (Lipinski definition) is 2. The maximum Gasteiger partial charge on any atom is 0.317 e. The molecule has 0 spiro atoms. The van der Waals surface area contributed by atoms with Crippen LogP contribution in [0, 0.1) is 5.41 Å². The molecule has 1 aromatic rings. The normalized spacial score (nSPS) is 12.8. The van der Waals surface area contributed by atoms with E-state index in [1.54, 1.807) is 23.3 Å². The highest BCUT2D eigenvalue weighted by atomic mass is 32.1. The molecule has 0 radical (unpaired) electrons. The summed E-state index contributed by atoms with van der Waals surface area (Å²) in [5.74, 6) is -0.911. The molecule has 5 nitrogen and oxygen atoms in total. The summed E-state index contributed by atoms with van der Waals surface area (Å²) in [6.45, 7) is 6.27. The number of urea groups is 1. The van der Waals surface area contributed by atoms with Gasteiger partial charge in [0.15, 0.2) is 0 Å². The maximum absolute atomic E-state index is 12.1. The Balaban J connectivity index is 2.63. The van der Waals surface area contributed by atoms with Crippen molar-refractivity contribution in [2.45, 2.75) is 39.8 Å². The fourth-order valence-electron chi connectivity index (χ4n) is 1.72. The number of hydrogen-bond acceptors (Lipinski definition) is 3. The van der Waals surface area contributed by atoms with Crippen LogP contribution in [0.4, 0.5) is 4.79 Å². The van der Waals surface area contributed by atoms with E-state index in [1.807, 2.05) is 38.3 Å². The molecule has 0 bridgehead atoms. The van der Waals surface area contributed by atoms with Crippen LogP contribution in [-0.4, -0.2) is 35.1 Å². The predicted molar refractivity (Wildman–Crippen MR) is 79.8 cm³/mol. The lowest BCUT2D eigenvalue weighted by atomic mass is 9.85. The van der Waals surface area contributed by atoms with Gasteiger partial charge in [-0.15, -0.1) is 11.3 Å². The zero-order valence-corrected chi connectivity index (χ0v) is 13.2. The zero-order chi connectivity index (χ0) is 15.3. The minimum Gasteiger partial charge on any atom is -0.481 e. The third-order valence-electron chi connectivity index (χ3n) is 3.04. The number of nitrogens with zero attached hydrogens (tertiary/aromatic N) is 1. The van der Waals surface area contributed by atoms with Gasteiger partial charge in [0.1, 0.15) is 0 Å². The van der Waals surface area contributed by atoms with E-state index in [4.69, 9.17) is 5.11 Å². The van der Waals surface area contributed by atoms with E-state index in [0.717, 1.165) is 4.88 Å². The van der Waals surface area contributed by atoms with Gasteiger partial charge >= 0.3 is 12.0 Å². The maximum atomic E-state index is 12.1. The molecular formula is C14H22N2O3S. The number of carbonyl (C=O) groups is 2. The van der Waals surface area contributed by atoms with Gasteiger partial charge in [-0.2, -0.15) is 0 Å². The number of carboxylic acids is 1. The van der Waals surface area contributed by atoms with E-state index in [1.165, 1.54) is 0 Å². The van der Waals surface area contributed by atoms with Crippen LogP contribution >= 0.6 is 11.3 Å². The Kier molecular flexibility index (Phi) is 5.56. The molecular weight excluding hydrogens is 276 g/mol. The lowest BCUT2D eigenvalue weighted by molar-refractivity contribution is -0.138. The van der Waals surface area contributed by atoms with Crippen LogP contribution in [0.3, 0.4) is 0 Å². The summed E-state index contributed by atoms with van der Waals surface area (Å²) in [5, 5.41) is 13.7. The fourth-order valence-corrected chi connectivity index (χ4v) is 2.47. The number of carboxylic acid groups (broad SMARTS) is 1. The Hall–Kier alpha value is -1.56. The van der Waals surface area contributed by atoms with Crippen molar-refractivity contribution in [2.75, 3.05) is 7.05 Å². The number of carbonyl (C=O) groups excluding carboxylic acids is 1. The Labute approximate surface area is 123 Å². The van der Waals surface area contributed by atoms with Gasteiger partial charge in [-0.25, -0.2) is 4.79 Å². The average Bonchev–Trinajstić information content (AvgIpc) is 2.78. The summed E-state index contributed by atoms with van der Waals surface area (Å²) in [6, 6.07) is 3.25. The van der Waals surface area contributed by atoms with Crippen LogP contribution in [0.5, 0.6) is 0 Å². The Morgan fingerprint density at radius 2 is 2.10 bits per heavy atom. The third-order valence-corrected chi connectivity index (χ3v) is 3.90. The highest BCUT2D eigenvalue weighted by Crippen LogP contribution is 2.22. The Morgan fingerprint density at radius 1 is 1.45 bits per heavy atom. The molecule has 6 heteroatoms. The minimum atomic E-state index is -0.911. The SMILES string of the molecule is CN(Cc1cccs1)C(=O)NC(CC(=O)O)C(C)(C)C. The Morgan fingerprint density at radius 3 is 2.55 bits per heavy atom. The van der Waals surface area contributed by atoms with Gasteiger partial charge in [0.05, 0.1) is 13.0 Å². The Bertz CT molecular complexity index is 451. The highest BCUT2D eigenvalue weighted by Gasteiger charge is 2.29. The lowest BCUT2D eigenvalue weighted by Gasteiger charge is -2.32. The van der Waals surface area contributed by atoms with Gasteiger partial charge in [0, 0.05) is 18.0 Å². The fraction of sp³-hybridized carbons (Fsp3) is 0.571. The second kappa shape index (κ2) is 6.74. The quantitative estimate of drug-likeness (QED) is 0.878.